The van der Waals surface area contributed by atoms with E-state index in [2.05, 4.69) is 26.1 Å². The molecule has 0 spiro atoms. The van der Waals surface area contributed by atoms with Crippen molar-refractivity contribution in [1.29, 1.82) is 0 Å². The largest absolute Gasteiger partial charge is 0.318 e. The Labute approximate surface area is 159 Å². The van der Waals surface area contributed by atoms with Gasteiger partial charge in [0.25, 0.3) is 5.69 Å². The van der Waals surface area contributed by atoms with Crippen LogP contribution in [0.4, 0.5) is 5.69 Å². The Hall–Kier alpha value is -1.60. The number of non-ortho nitro benzene ring substituents is 1. The Balaban J connectivity index is 1.51. The number of quaternary nitrogens is 1. The lowest BCUT2D eigenvalue weighted by atomic mass is 9.70. The summed E-state index contributed by atoms with van der Waals surface area (Å²) in [5, 5.41) is 15.2. The molecule has 26 heavy (non-hydrogen) atoms. The second-order valence-corrected chi connectivity index (χ2v) is 9.42. The number of rotatable bonds is 4. The number of benzene rings is 1. The molecule has 2 N–H and O–H groups in total. The third-order valence-electron chi connectivity index (χ3n) is 5.38. The number of hydrogen-bond acceptors (Lipinski definition) is 5. The maximum Gasteiger partial charge on any atom is 0.269 e. The predicted molar refractivity (Wildman–Crippen MR) is 106 cm³/mol. The van der Waals surface area contributed by atoms with E-state index in [1.807, 2.05) is 12.1 Å². The van der Waals surface area contributed by atoms with Crippen LogP contribution in [0, 0.1) is 21.4 Å². The zero-order chi connectivity index (χ0) is 18.7. The number of nitrogens with zero attached hydrogens (tertiary/aromatic N) is 2. The normalized spacial score (nSPS) is 28.1. The molecule has 3 atom stereocenters. The SMILES string of the molecule is C[C@@H]1C[C@@H]([NH+]2CN=C(SCc3ccc([N+](=O)[O-])cc3)NC2)CC(C)(C)C1. The lowest BCUT2D eigenvalue weighted by Gasteiger charge is -2.42. The van der Waals surface area contributed by atoms with Crippen molar-refractivity contribution in [3.63, 3.8) is 0 Å². The van der Waals surface area contributed by atoms with Crippen LogP contribution in [0.2, 0.25) is 0 Å². The van der Waals surface area contributed by atoms with Gasteiger partial charge in [-0.2, -0.15) is 0 Å². The molecule has 2 aliphatic rings. The molecule has 1 heterocycles. The first-order chi connectivity index (χ1) is 12.3. The minimum absolute atomic E-state index is 0.135. The molecular formula is C19H29N4O2S+. The van der Waals surface area contributed by atoms with Gasteiger partial charge >= 0.3 is 0 Å². The average Bonchev–Trinajstić information content (AvgIpc) is 2.59. The summed E-state index contributed by atoms with van der Waals surface area (Å²) in [4.78, 5) is 16.6. The third-order valence-corrected chi connectivity index (χ3v) is 6.40. The monoisotopic (exact) mass is 377 g/mol. The summed E-state index contributed by atoms with van der Waals surface area (Å²) in [6, 6.07) is 7.44. The molecule has 1 aliphatic heterocycles. The quantitative estimate of drug-likeness (QED) is 0.625. The van der Waals surface area contributed by atoms with E-state index in [9.17, 15) is 10.1 Å². The predicted octanol–water partition coefficient (Wildman–Crippen LogP) is 2.80. The zero-order valence-corrected chi connectivity index (χ0v) is 16.6. The molecule has 1 aromatic rings. The van der Waals surface area contributed by atoms with E-state index in [4.69, 9.17) is 4.99 Å². The smallest absolute Gasteiger partial charge is 0.269 e. The fourth-order valence-electron chi connectivity index (χ4n) is 4.37. The summed E-state index contributed by atoms with van der Waals surface area (Å²) in [5.41, 5.74) is 1.64. The molecule has 0 amide bonds. The van der Waals surface area contributed by atoms with E-state index >= 15 is 0 Å². The van der Waals surface area contributed by atoms with Crippen molar-refractivity contribution in [2.45, 2.75) is 51.8 Å². The first-order valence-corrected chi connectivity index (χ1v) is 10.3. The standard InChI is InChI=1S/C19H28N4O2S/c1-14-8-17(10-19(2,3)9-14)22-12-20-18(21-13-22)26-11-15-4-6-16(7-5-15)23(24)25/h4-7,14,17H,8-13H2,1-3H3,(H,20,21)/p+1/t14-,17-/m1/s1. The molecule has 6 nitrogen and oxygen atoms in total. The molecule has 142 valence electrons. The molecule has 7 heteroatoms. The van der Waals surface area contributed by atoms with Crippen LogP contribution in [0.15, 0.2) is 29.3 Å². The first kappa shape index (κ1) is 19.2. The van der Waals surface area contributed by atoms with Crippen LogP contribution in [-0.4, -0.2) is 29.5 Å². The van der Waals surface area contributed by atoms with Crippen molar-refractivity contribution in [3.05, 3.63) is 39.9 Å². The number of nitrogens with one attached hydrogen (secondary N) is 2. The van der Waals surface area contributed by atoms with Gasteiger partial charge in [0.05, 0.1) is 11.0 Å². The number of nitro benzene ring substituents is 1. The molecule has 0 aromatic heterocycles. The number of thioether (sulfide) groups is 1. The maximum absolute atomic E-state index is 10.7. The van der Waals surface area contributed by atoms with Gasteiger partial charge in [0, 0.05) is 30.7 Å². The minimum atomic E-state index is -0.367. The molecule has 1 aromatic carbocycles. The number of amidine groups is 1. The van der Waals surface area contributed by atoms with Gasteiger partial charge in [-0.05, 0) is 23.3 Å². The Morgan fingerprint density at radius 2 is 2.08 bits per heavy atom. The van der Waals surface area contributed by atoms with E-state index < -0.39 is 0 Å². The summed E-state index contributed by atoms with van der Waals surface area (Å²) in [6.45, 7) is 8.92. The second-order valence-electron chi connectivity index (χ2n) is 8.46. The van der Waals surface area contributed by atoms with Crippen LogP contribution in [0.3, 0.4) is 0 Å². The van der Waals surface area contributed by atoms with Crippen LogP contribution >= 0.6 is 11.8 Å². The molecule has 0 saturated heterocycles. The van der Waals surface area contributed by atoms with Crippen molar-refractivity contribution in [2.24, 2.45) is 16.3 Å². The second kappa shape index (κ2) is 7.96. The van der Waals surface area contributed by atoms with Crippen LogP contribution < -0.4 is 10.2 Å². The zero-order valence-electron chi connectivity index (χ0n) is 15.8. The molecule has 1 saturated carbocycles. The van der Waals surface area contributed by atoms with Gasteiger partial charge in [0.1, 0.15) is 0 Å². The summed E-state index contributed by atoms with van der Waals surface area (Å²) < 4.78 is 0. The van der Waals surface area contributed by atoms with Crippen LogP contribution in [-0.2, 0) is 5.75 Å². The van der Waals surface area contributed by atoms with Crippen molar-refractivity contribution in [1.82, 2.24) is 5.32 Å². The highest BCUT2D eigenvalue weighted by atomic mass is 32.2. The van der Waals surface area contributed by atoms with Crippen LogP contribution in [0.1, 0.15) is 45.6 Å². The lowest BCUT2D eigenvalue weighted by molar-refractivity contribution is -0.930. The highest BCUT2D eigenvalue weighted by Gasteiger charge is 2.37. The van der Waals surface area contributed by atoms with Gasteiger partial charge in [0.2, 0.25) is 0 Å². The van der Waals surface area contributed by atoms with Gasteiger partial charge in [0.15, 0.2) is 18.5 Å². The molecule has 1 unspecified atom stereocenters. The number of nitro groups is 1. The number of aliphatic imine (C=N–C) groups is 1. The van der Waals surface area contributed by atoms with E-state index in [1.165, 1.54) is 19.3 Å². The minimum Gasteiger partial charge on any atom is -0.318 e. The summed E-state index contributed by atoms with van der Waals surface area (Å²) in [6.07, 6.45) is 3.89. The molecule has 0 radical (unpaired) electrons. The van der Waals surface area contributed by atoms with Crippen molar-refractivity contribution in [2.75, 3.05) is 13.3 Å². The summed E-state index contributed by atoms with van der Waals surface area (Å²) in [7, 11) is 0. The molecule has 0 bridgehead atoms. The molecule has 1 fully saturated rings. The summed E-state index contributed by atoms with van der Waals surface area (Å²) in [5.74, 6) is 1.56. The maximum atomic E-state index is 10.7. The van der Waals surface area contributed by atoms with E-state index in [-0.39, 0.29) is 10.6 Å². The topological polar surface area (TPSA) is 72.0 Å². The van der Waals surface area contributed by atoms with Gasteiger partial charge in [-0.3, -0.25) is 15.0 Å². The van der Waals surface area contributed by atoms with Gasteiger partial charge < -0.3 is 5.32 Å². The Morgan fingerprint density at radius 1 is 1.35 bits per heavy atom. The van der Waals surface area contributed by atoms with Crippen molar-refractivity contribution >= 4 is 22.6 Å². The van der Waals surface area contributed by atoms with Crippen LogP contribution in [0.25, 0.3) is 0 Å². The van der Waals surface area contributed by atoms with Crippen LogP contribution in [0.5, 0.6) is 0 Å². The van der Waals surface area contributed by atoms with Crippen molar-refractivity contribution in [3.8, 4) is 0 Å². The average molecular weight is 378 g/mol. The molecule has 3 rings (SSSR count). The highest BCUT2D eigenvalue weighted by Crippen LogP contribution is 2.37. The molecule has 1 aliphatic carbocycles. The van der Waals surface area contributed by atoms with E-state index in [1.54, 1.807) is 28.8 Å². The Kier molecular flexibility index (Phi) is 5.87. The van der Waals surface area contributed by atoms with Gasteiger partial charge in [-0.15, -0.1) is 0 Å². The fraction of sp³-hybridized carbons (Fsp3) is 0.632. The van der Waals surface area contributed by atoms with E-state index in [0.29, 0.717) is 11.5 Å². The fourth-order valence-corrected chi connectivity index (χ4v) is 5.19. The lowest BCUT2D eigenvalue weighted by Crippen LogP contribution is -3.18. The third kappa shape index (κ3) is 4.98. The first-order valence-electron chi connectivity index (χ1n) is 9.31. The van der Waals surface area contributed by atoms with Gasteiger partial charge in [-0.1, -0.05) is 44.7 Å². The number of hydrogen-bond donors (Lipinski definition) is 2. The van der Waals surface area contributed by atoms with Gasteiger partial charge in [-0.25, -0.2) is 4.99 Å². The Bertz CT molecular complexity index is 675. The van der Waals surface area contributed by atoms with E-state index in [0.717, 1.165) is 35.7 Å². The van der Waals surface area contributed by atoms with Crippen molar-refractivity contribution < 1.29 is 9.82 Å². The Morgan fingerprint density at radius 3 is 2.65 bits per heavy atom. The highest BCUT2D eigenvalue weighted by molar-refractivity contribution is 8.13. The molecular weight excluding hydrogens is 348 g/mol. The summed E-state index contributed by atoms with van der Waals surface area (Å²) >= 11 is 1.67.